The molecule has 0 bridgehead atoms. The van der Waals surface area contributed by atoms with Crippen molar-refractivity contribution in [2.24, 2.45) is 0 Å². The number of ether oxygens (including phenoxy) is 1. The fourth-order valence-electron chi connectivity index (χ4n) is 1.90. The highest BCUT2D eigenvalue weighted by molar-refractivity contribution is 7.89. The second-order valence-corrected chi connectivity index (χ2v) is 6.30. The Morgan fingerprint density at radius 1 is 1.24 bits per heavy atom. The smallest absolute Gasteiger partial charge is 0.214 e. The summed E-state index contributed by atoms with van der Waals surface area (Å²) in [7, 11) is -3.18. The van der Waals surface area contributed by atoms with Gasteiger partial charge >= 0.3 is 0 Å². The van der Waals surface area contributed by atoms with Gasteiger partial charge in [-0.15, -0.1) is 0 Å². The van der Waals surface area contributed by atoms with Crippen molar-refractivity contribution in [2.45, 2.75) is 44.6 Å². The van der Waals surface area contributed by atoms with Crippen molar-refractivity contribution in [2.75, 3.05) is 25.5 Å². The highest BCUT2D eigenvalue weighted by Crippen LogP contribution is 2.13. The van der Waals surface area contributed by atoms with Gasteiger partial charge < -0.3 is 9.84 Å². The van der Waals surface area contributed by atoms with Crippen molar-refractivity contribution in [1.29, 1.82) is 0 Å². The van der Waals surface area contributed by atoms with Crippen molar-refractivity contribution in [1.82, 2.24) is 4.72 Å². The van der Waals surface area contributed by atoms with Gasteiger partial charge in [-0.25, -0.2) is 13.1 Å². The molecule has 0 aromatic carbocycles. The van der Waals surface area contributed by atoms with E-state index in [1.807, 2.05) is 0 Å². The molecule has 0 aliphatic carbocycles. The van der Waals surface area contributed by atoms with E-state index in [1.54, 1.807) is 0 Å². The quantitative estimate of drug-likeness (QED) is 0.600. The molecule has 0 amide bonds. The molecule has 1 fully saturated rings. The molecule has 17 heavy (non-hydrogen) atoms. The minimum Gasteiger partial charge on any atom is -0.396 e. The van der Waals surface area contributed by atoms with Crippen molar-refractivity contribution < 1.29 is 18.3 Å². The van der Waals surface area contributed by atoms with Crippen LogP contribution in [0.15, 0.2) is 0 Å². The normalized spacial score (nSPS) is 20.9. The van der Waals surface area contributed by atoms with Gasteiger partial charge in [0.15, 0.2) is 0 Å². The van der Waals surface area contributed by atoms with Crippen LogP contribution in [0.1, 0.15) is 38.5 Å². The molecular formula is C11H23NO4S. The molecule has 2 N–H and O–H groups in total. The average molecular weight is 265 g/mol. The molecular weight excluding hydrogens is 242 g/mol. The molecule has 0 radical (unpaired) electrons. The van der Waals surface area contributed by atoms with Gasteiger partial charge in [0.05, 0.1) is 11.9 Å². The third kappa shape index (κ3) is 6.98. The van der Waals surface area contributed by atoms with Gasteiger partial charge in [0, 0.05) is 19.8 Å². The Labute approximate surface area is 104 Å². The number of hydrogen-bond acceptors (Lipinski definition) is 4. The van der Waals surface area contributed by atoms with Crippen LogP contribution in [0.25, 0.3) is 0 Å². The van der Waals surface area contributed by atoms with Crippen LogP contribution in [-0.4, -0.2) is 45.1 Å². The maximum Gasteiger partial charge on any atom is 0.214 e. The zero-order valence-corrected chi connectivity index (χ0v) is 11.0. The van der Waals surface area contributed by atoms with E-state index >= 15 is 0 Å². The number of hydrogen-bond donors (Lipinski definition) is 2. The molecule has 5 nitrogen and oxygen atoms in total. The van der Waals surface area contributed by atoms with Crippen LogP contribution in [0.4, 0.5) is 0 Å². The summed E-state index contributed by atoms with van der Waals surface area (Å²) < 4.78 is 31.2. The number of unbranched alkanes of at least 4 members (excludes halogenated alkanes) is 3. The van der Waals surface area contributed by atoms with Crippen molar-refractivity contribution >= 4 is 10.0 Å². The maximum absolute atomic E-state index is 11.6. The van der Waals surface area contributed by atoms with Crippen LogP contribution in [-0.2, 0) is 14.8 Å². The minimum absolute atomic E-state index is 0.0869. The first-order valence-electron chi connectivity index (χ1n) is 6.34. The fourth-order valence-corrected chi connectivity index (χ4v) is 3.22. The van der Waals surface area contributed by atoms with Gasteiger partial charge in [0.25, 0.3) is 0 Å². The summed E-state index contributed by atoms with van der Waals surface area (Å²) >= 11 is 0. The summed E-state index contributed by atoms with van der Waals surface area (Å²) in [6.45, 7) is 1.38. The fraction of sp³-hybridized carbons (Fsp3) is 1.00. The SMILES string of the molecule is O=S(=O)(CC1CCCO1)NCCCCCCO. The highest BCUT2D eigenvalue weighted by Gasteiger charge is 2.22. The van der Waals surface area contributed by atoms with Crippen molar-refractivity contribution in [3.8, 4) is 0 Å². The standard InChI is InChI=1S/C11H23NO4S/c13-8-4-2-1-3-7-12-17(14,15)10-11-6-5-9-16-11/h11-13H,1-10H2. The van der Waals surface area contributed by atoms with Crippen molar-refractivity contribution in [3.05, 3.63) is 0 Å². The van der Waals surface area contributed by atoms with Gasteiger partial charge in [0.1, 0.15) is 0 Å². The van der Waals surface area contributed by atoms with E-state index in [0.717, 1.165) is 38.5 Å². The van der Waals surface area contributed by atoms with Crippen LogP contribution in [0.3, 0.4) is 0 Å². The predicted octanol–water partition coefficient (Wildman–Crippen LogP) is 0.637. The third-order valence-corrected chi connectivity index (χ3v) is 4.29. The van der Waals surface area contributed by atoms with E-state index in [2.05, 4.69) is 4.72 Å². The van der Waals surface area contributed by atoms with Crippen LogP contribution in [0.2, 0.25) is 0 Å². The summed E-state index contributed by atoms with van der Waals surface area (Å²) in [5.41, 5.74) is 0. The number of aliphatic hydroxyl groups excluding tert-OH is 1. The van der Waals surface area contributed by atoms with Gasteiger partial charge in [0.2, 0.25) is 10.0 Å². The lowest BCUT2D eigenvalue weighted by Gasteiger charge is -2.11. The molecule has 0 saturated carbocycles. The van der Waals surface area contributed by atoms with E-state index < -0.39 is 10.0 Å². The Morgan fingerprint density at radius 3 is 2.65 bits per heavy atom. The zero-order valence-electron chi connectivity index (χ0n) is 10.2. The van der Waals surface area contributed by atoms with Crippen LogP contribution in [0.5, 0.6) is 0 Å². The Hall–Kier alpha value is -0.170. The monoisotopic (exact) mass is 265 g/mol. The van der Waals surface area contributed by atoms with Crippen LogP contribution >= 0.6 is 0 Å². The van der Waals surface area contributed by atoms with E-state index in [1.165, 1.54) is 0 Å². The third-order valence-electron chi connectivity index (χ3n) is 2.84. The lowest BCUT2D eigenvalue weighted by Crippen LogP contribution is -2.32. The molecule has 0 aromatic rings. The lowest BCUT2D eigenvalue weighted by molar-refractivity contribution is 0.127. The van der Waals surface area contributed by atoms with Gasteiger partial charge in [-0.3, -0.25) is 0 Å². The number of nitrogens with one attached hydrogen (secondary N) is 1. The van der Waals surface area contributed by atoms with E-state index in [4.69, 9.17) is 9.84 Å². The molecule has 1 unspecified atom stereocenters. The Bertz CT molecular complexity index is 286. The number of sulfonamides is 1. The Balaban J connectivity index is 2.07. The van der Waals surface area contributed by atoms with Gasteiger partial charge in [-0.2, -0.15) is 0 Å². The highest BCUT2D eigenvalue weighted by atomic mass is 32.2. The summed E-state index contributed by atoms with van der Waals surface area (Å²) in [6.07, 6.45) is 5.20. The van der Waals surface area contributed by atoms with E-state index in [9.17, 15) is 8.42 Å². The van der Waals surface area contributed by atoms with Gasteiger partial charge in [-0.1, -0.05) is 12.8 Å². The predicted molar refractivity (Wildman–Crippen MR) is 66.3 cm³/mol. The summed E-state index contributed by atoms with van der Waals surface area (Å²) in [5, 5.41) is 8.59. The molecule has 1 heterocycles. The summed E-state index contributed by atoms with van der Waals surface area (Å²) in [5.74, 6) is 0.0869. The molecule has 1 aliphatic rings. The van der Waals surface area contributed by atoms with Crippen LogP contribution in [0, 0.1) is 0 Å². The second-order valence-electron chi connectivity index (χ2n) is 4.45. The summed E-state index contributed by atoms with van der Waals surface area (Å²) in [6, 6.07) is 0. The molecule has 1 saturated heterocycles. The number of aliphatic hydroxyl groups is 1. The first-order chi connectivity index (χ1) is 8.14. The van der Waals surface area contributed by atoms with E-state index in [-0.39, 0.29) is 18.5 Å². The molecule has 1 aliphatic heterocycles. The first kappa shape index (κ1) is 14.9. The van der Waals surface area contributed by atoms with E-state index in [0.29, 0.717) is 13.2 Å². The van der Waals surface area contributed by atoms with Crippen molar-refractivity contribution in [3.63, 3.8) is 0 Å². The molecule has 6 heteroatoms. The largest absolute Gasteiger partial charge is 0.396 e. The molecule has 0 aromatic heterocycles. The number of rotatable bonds is 9. The topological polar surface area (TPSA) is 75.6 Å². The Kier molecular flexibility index (Phi) is 7.03. The summed E-state index contributed by atoms with van der Waals surface area (Å²) in [4.78, 5) is 0. The first-order valence-corrected chi connectivity index (χ1v) is 7.99. The second kappa shape index (κ2) is 8.02. The minimum atomic E-state index is -3.18. The molecule has 102 valence electrons. The molecule has 1 rings (SSSR count). The molecule has 0 spiro atoms. The maximum atomic E-state index is 11.6. The lowest BCUT2D eigenvalue weighted by atomic mass is 10.2. The molecule has 1 atom stereocenters. The average Bonchev–Trinajstić information content (AvgIpc) is 2.75. The van der Waals surface area contributed by atoms with Crippen LogP contribution < -0.4 is 4.72 Å². The Morgan fingerprint density at radius 2 is 2.00 bits per heavy atom. The van der Waals surface area contributed by atoms with Gasteiger partial charge in [-0.05, 0) is 25.7 Å². The zero-order chi connectivity index (χ0) is 12.6.